The summed E-state index contributed by atoms with van der Waals surface area (Å²) in [6.45, 7) is 2.01. The predicted octanol–water partition coefficient (Wildman–Crippen LogP) is 1.74. The van der Waals surface area contributed by atoms with Gasteiger partial charge in [0.15, 0.2) is 0 Å². The first-order chi connectivity index (χ1) is 9.56. The predicted molar refractivity (Wildman–Crippen MR) is 72.6 cm³/mol. The second kappa shape index (κ2) is 5.87. The van der Waals surface area contributed by atoms with Gasteiger partial charge in [-0.2, -0.15) is 0 Å². The van der Waals surface area contributed by atoms with Crippen molar-refractivity contribution in [2.75, 3.05) is 5.32 Å². The van der Waals surface area contributed by atoms with Crippen molar-refractivity contribution in [2.45, 2.75) is 13.5 Å². The van der Waals surface area contributed by atoms with Crippen LogP contribution in [-0.4, -0.2) is 27.1 Å². The van der Waals surface area contributed by atoms with Gasteiger partial charge in [-0.05, 0) is 30.7 Å². The number of aromatic amines is 1. The third-order valence-corrected chi connectivity index (χ3v) is 2.69. The molecule has 7 heteroatoms. The molecule has 20 heavy (non-hydrogen) atoms. The number of carbonyl (C=O) groups excluding carboxylic acids is 1. The third-order valence-electron chi connectivity index (χ3n) is 2.69. The quantitative estimate of drug-likeness (QED) is 0.681. The number of carboxylic acid groups (broad SMARTS) is 1. The highest BCUT2D eigenvalue weighted by Gasteiger charge is 2.08. The van der Waals surface area contributed by atoms with Crippen LogP contribution >= 0.6 is 0 Å². The van der Waals surface area contributed by atoms with Gasteiger partial charge in [-0.25, -0.2) is 14.6 Å². The lowest BCUT2D eigenvalue weighted by molar-refractivity contribution is 0.0697. The summed E-state index contributed by atoms with van der Waals surface area (Å²) in [7, 11) is 0. The van der Waals surface area contributed by atoms with Gasteiger partial charge in [0.25, 0.3) is 0 Å². The van der Waals surface area contributed by atoms with E-state index in [2.05, 4.69) is 20.6 Å². The molecule has 0 unspecified atom stereocenters. The molecule has 0 radical (unpaired) electrons. The summed E-state index contributed by atoms with van der Waals surface area (Å²) in [5, 5.41) is 14.2. The van der Waals surface area contributed by atoms with Crippen LogP contribution in [-0.2, 0) is 6.54 Å². The minimum Gasteiger partial charge on any atom is -0.478 e. The highest BCUT2D eigenvalue weighted by Crippen LogP contribution is 2.16. The van der Waals surface area contributed by atoms with Gasteiger partial charge in [0, 0.05) is 18.1 Å². The number of benzene rings is 1. The number of carbonyl (C=O) groups is 2. The van der Waals surface area contributed by atoms with E-state index in [4.69, 9.17) is 5.11 Å². The average molecular weight is 274 g/mol. The molecule has 0 aliphatic carbocycles. The SMILES string of the molecule is Cc1cc(C(=O)O)ccc1NC(=O)NCc1ncc[nH]1. The number of H-pyrrole nitrogens is 1. The van der Waals surface area contributed by atoms with Crippen molar-refractivity contribution in [3.63, 3.8) is 0 Å². The molecule has 104 valence electrons. The molecule has 1 heterocycles. The van der Waals surface area contributed by atoms with Crippen molar-refractivity contribution in [1.82, 2.24) is 15.3 Å². The summed E-state index contributed by atoms with van der Waals surface area (Å²) in [6, 6.07) is 4.13. The summed E-state index contributed by atoms with van der Waals surface area (Å²) < 4.78 is 0. The first-order valence-electron chi connectivity index (χ1n) is 5.93. The molecule has 7 nitrogen and oxygen atoms in total. The maximum atomic E-state index is 11.7. The van der Waals surface area contributed by atoms with Crippen molar-refractivity contribution in [2.24, 2.45) is 0 Å². The molecule has 2 amide bonds. The van der Waals surface area contributed by atoms with Crippen LogP contribution in [0.3, 0.4) is 0 Å². The number of carboxylic acids is 1. The topological polar surface area (TPSA) is 107 Å². The van der Waals surface area contributed by atoms with Gasteiger partial charge in [-0.1, -0.05) is 0 Å². The van der Waals surface area contributed by atoms with Gasteiger partial charge in [-0.15, -0.1) is 0 Å². The van der Waals surface area contributed by atoms with Crippen LogP contribution in [0.4, 0.5) is 10.5 Å². The first-order valence-corrected chi connectivity index (χ1v) is 5.93. The molecule has 4 N–H and O–H groups in total. The van der Waals surface area contributed by atoms with Gasteiger partial charge >= 0.3 is 12.0 Å². The number of aryl methyl sites for hydroxylation is 1. The van der Waals surface area contributed by atoms with Gasteiger partial charge < -0.3 is 20.7 Å². The second-order valence-electron chi connectivity index (χ2n) is 4.18. The molecule has 0 bridgehead atoms. The fraction of sp³-hybridized carbons (Fsp3) is 0.154. The van der Waals surface area contributed by atoms with Crippen LogP contribution in [0.2, 0.25) is 0 Å². The van der Waals surface area contributed by atoms with E-state index < -0.39 is 5.97 Å². The molecule has 0 fully saturated rings. The zero-order valence-electron chi connectivity index (χ0n) is 10.8. The van der Waals surface area contributed by atoms with E-state index in [-0.39, 0.29) is 18.1 Å². The van der Waals surface area contributed by atoms with Gasteiger partial charge in [-0.3, -0.25) is 0 Å². The van der Waals surface area contributed by atoms with E-state index >= 15 is 0 Å². The number of imidazole rings is 1. The number of aromatic nitrogens is 2. The molecule has 0 saturated carbocycles. The molecule has 0 atom stereocenters. The van der Waals surface area contributed by atoms with E-state index in [1.54, 1.807) is 25.4 Å². The minimum atomic E-state index is -0.998. The number of aromatic carboxylic acids is 1. The smallest absolute Gasteiger partial charge is 0.335 e. The number of hydrogen-bond acceptors (Lipinski definition) is 3. The Morgan fingerprint density at radius 2 is 2.20 bits per heavy atom. The van der Waals surface area contributed by atoms with Crippen molar-refractivity contribution in [3.05, 3.63) is 47.5 Å². The number of hydrogen-bond donors (Lipinski definition) is 4. The Hall–Kier alpha value is -2.83. The van der Waals surface area contributed by atoms with Gasteiger partial charge in [0.05, 0.1) is 12.1 Å². The van der Waals surface area contributed by atoms with E-state index in [9.17, 15) is 9.59 Å². The Balaban J connectivity index is 1.95. The number of nitrogens with one attached hydrogen (secondary N) is 3. The largest absolute Gasteiger partial charge is 0.478 e. The summed E-state index contributed by atoms with van der Waals surface area (Å²) in [6.07, 6.45) is 3.27. The third kappa shape index (κ3) is 3.35. The first kappa shape index (κ1) is 13.6. The second-order valence-corrected chi connectivity index (χ2v) is 4.18. The van der Waals surface area contributed by atoms with Crippen LogP contribution in [0, 0.1) is 6.92 Å². The van der Waals surface area contributed by atoms with Crippen molar-refractivity contribution < 1.29 is 14.7 Å². The Bertz CT molecular complexity index is 623. The molecule has 0 saturated heterocycles. The number of amides is 2. The fourth-order valence-corrected chi connectivity index (χ4v) is 1.66. The zero-order chi connectivity index (χ0) is 14.5. The molecular weight excluding hydrogens is 260 g/mol. The highest BCUT2D eigenvalue weighted by molar-refractivity contribution is 5.92. The lowest BCUT2D eigenvalue weighted by Crippen LogP contribution is -2.28. The number of nitrogens with zero attached hydrogens (tertiary/aromatic N) is 1. The van der Waals surface area contributed by atoms with Crippen molar-refractivity contribution in [1.29, 1.82) is 0 Å². The molecule has 1 aromatic heterocycles. The van der Waals surface area contributed by atoms with Crippen LogP contribution in [0.15, 0.2) is 30.6 Å². The highest BCUT2D eigenvalue weighted by atomic mass is 16.4. The number of anilines is 1. The molecule has 0 aliphatic rings. The lowest BCUT2D eigenvalue weighted by Gasteiger charge is -2.09. The van der Waals surface area contributed by atoms with E-state index in [1.165, 1.54) is 12.1 Å². The Morgan fingerprint density at radius 3 is 2.80 bits per heavy atom. The Labute approximate surface area is 115 Å². The maximum absolute atomic E-state index is 11.7. The summed E-state index contributed by atoms with van der Waals surface area (Å²) in [4.78, 5) is 29.4. The van der Waals surface area contributed by atoms with Crippen molar-refractivity contribution >= 4 is 17.7 Å². The molecule has 2 aromatic rings. The summed E-state index contributed by atoms with van der Waals surface area (Å²) >= 11 is 0. The van der Waals surface area contributed by atoms with Crippen molar-refractivity contribution in [3.8, 4) is 0 Å². The maximum Gasteiger partial charge on any atom is 0.335 e. The molecule has 0 spiro atoms. The van der Waals surface area contributed by atoms with Crippen LogP contribution in [0.5, 0.6) is 0 Å². The Kier molecular flexibility index (Phi) is 3.99. The fourth-order valence-electron chi connectivity index (χ4n) is 1.66. The molecule has 1 aromatic carbocycles. The monoisotopic (exact) mass is 274 g/mol. The summed E-state index contributed by atoms with van der Waals surface area (Å²) in [5.41, 5.74) is 1.43. The van der Waals surface area contributed by atoms with Crippen LogP contribution in [0.1, 0.15) is 21.7 Å². The molecule has 0 aliphatic heterocycles. The van der Waals surface area contributed by atoms with E-state index in [1.807, 2.05) is 0 Å². The lowest BCUT2D eigenvalue weighted by atomic mass is 10.1. The average Bonchev–Trinajstić information content (AvgIpc) is 2.91. The van der Waals surface area contributed by atoms with Crippen LogP contribution in [0.25, 0.3) is 0 Å². The Morgan fingerprint density at radius 1 is 1.40 bits per heavy atom. The molecule has 2 rings (SSSR count). The number of urea groups is 1. The van der Waals surface area contributed by atoms with E-state index in [0.29, 0.717) is 17.1 Å². The van der Waals surface area contributed by atoms with Crippen LogP contribution < -0.4 is 10.6 Å². The zero-order valence-corrected chi connectivity index (χ0v) is 10.8. The normalized spacial score (nSPS) is 10.1. The number of rotatable bonds is 4. The van der Waals surface area contributed by atoms with Gasteiger partial charge in [0.1, 0.15) is 5.82 Å². The molecular formula is C13H14N4O3. The van der Waals surface area contributed by atoms with E-state index in [0.717, 1.165) is 0 Å². The standard InChI is InChI=1S/C13H14N4O3/c1-8-6-9(12(18)19)2-3-10(8)17-13(20)16-7-11-14-4-5-15-11/h2-6H,7H2,1H3,(H,14,15)(H,18,19)(H2,16,17,20). The van der Waals surface area contributed by atoms with Gasteiger partial charge in [0.2, 0.25) is 0 Å². The summed E-state index contributed by atoms with van der Waals surface area (Å²) in [5.74, 6) is -0.347. The minimum absolute atomic E-state index is 0.184.